The SMILES string of the molecule is Cc1cc(C(C)n2c(C(C)Cl)nc3cccnc32)c(C)o1. The molecule has 3 aromatic rings. The second-order valence-corrected chi connectivity index (χ2v) is 6.00. The number of halogens is 1. The summed E-state index contributed by atoms with van der Waals surface area (Å²) < 4.78 is 7.76. The zero-order chi connectivity index (χ0) is 15.1. The van der Waals surface area contributed by atoms with Gasteiger partial charge in [-0.25, -0.2) is 9.97 Å². The number of rotatable bonds is 3. The largest absolute Gasteiger partial charge is 0.466 e. The van der Waals surface area contributed by atoms with Crippen molar-refractivity contribution in [2.45, 2.75) is 39.1 Å². The van der Waals surface area contributed by atoms with Gasteiger partial charge in [-0.3, -0.25) is 0 Å². The fourth-order valence-electron chi connectivity index (χ4n) is 2.81. The highest BCUT2D eigenvalue weighted by Gasteiger charge is 2.23. The average Bonchev–Trinajstić information content (AvgIpc) is 2.98. The molecule has 0 saturated carbocycles. The molecule has 110 valence electrons. The molecule has 0 aliphatic rings. The van der Waals surface area contributed by atoms with Crippen molar-refractivity contribution in [3.63, 3.8) is 0 Å². The Balaban J connectivity index is 2.22. The first-order valence-electron chi connectivity index (χ1n) is 7.03. The molecule has 0 amide bonds. The second-order valence-electron chi connectivity index (χ2n) is 5.35. The van der Waals surface area contributed by atoms with Crippen molar-refractivity contribution < 1.29 is 4.42 Å². The molecule has 3 heterocycles. The number of aromatic nitrogens is 3. The van der Waals surface area contributed by atoms with Crippen molar-refractivity contribution in [3.05, 3.63) is 47.3 Å². The van der Waals surface area contributed by atoms with Crippen LogP contribution in [0.2, 0.25) is 0 Å². The molecule has 3 aromatic heterocycles. The molecule has 0 saturated heterocycles. The normalized spacial score (nSPS) is 14.5. The van der Waals surface area contributed by atoms with Gasteiger partial charge >= 0.3 is 0 Å². The van der Waals surface area contributed by atoms with E-state index in [4.69, 9.17) is 16.0 Å². The summed E-state index contributed by atoms with van der Waals surface area (Å²) in [7, 11) is 0. The quantitative estimate of drug-likeness (QED) is 0.667. The van der Waals surface area contributed by atoms with Crippen LogP contribution in [0, 0.1) is 13.8 Å². The highest BCUT2D eigenvalue weighted by Crippen LogP contribution is 2.32. The lowest BCUT2D eigenvalue weighted by Crippen LogP contribution is -2.12. The van der Waals surface area contributed by atoms with Gasteiger partial charge in [0.1, 0.15) is 22.9 Å². The van der Waals surface area contributed by atoms with Gasteiger partial charge in [-0.2, -0.15) is 0 Å². The van der Waals surface area contributed by atoms with Gasteiger partial charge in [-0.05, 0) is 45.9 Å². The van der Waals surface area contributed by atoms with Crippen LogP contribution in [-0.4, -0.2) is 14.5 Å². The molecule has 0 aromatic carbocycles. The van der Waals surface area contributed by atoms with Gasteiger partial charge < -0.3 is 8.98 Å². The lowest BCUT2D eigenvalue weighted by molar-refractivity contribution is 0.493. The number of pyridine rings is 1. The first-order chi connectivity index (χ1) is 9.99. The standard InChI is InChI=1S/C16H18ClN3O/c1-9-8-13(12(4)21-9)11(3)20-15(10(2)17)19-14-6-5-7-18-16(14)20/h5-8,10-11H,1-4H3. The van der Waals surface area contributed by atoms with Crippen molar-refractivity contribution >= 4 is 22.8 Å². The van der Waals surface area contributed by atoms with Gasteiger partial charge in [0.15, 0.2) is 5.65 Å². The minimum absolute atomic E-state index is 0.0681. The van der Waals surface area contributed by atoms with Crippen molar-refractivity contribution in [2.75, 3.05) is 0 Å². The Hall–Kier alpha value is -1.81. The van der Waals surface area contributed by atoms with Crippen LogP contribution >= 0.6 is 11.6 Å². The number of nitrogens with zero attached hydrogens (tertiary/aromatic N) is 3. The number of hydrogen-bond donors (Lipinski definition) is 0. The van der Waals surface area contributed by atoms with Crippen LogP contribution in [0.25, 0.3) is 11.2 Å². The highest BCUT2D eigenvalue weighted by molar-refractivity contribution is 6.20. The number of alkyl halides is 1. The predicted octanol–water partition coefficient (Wildman–Crippen LogP) is 4.55. The number of imidazole rings is 1. The molecule has 0 N–H and O–H groups in total. The lowest BCUT2D eigenvalue weighted by Gasteiger charge is -2.17. The minimum Gasteiger partial charge on any atom is -0.466 e. The van der Waals surface area contributed by atoms with Gasteiger partial charge in [-0.1, -0.05) is 0 Å². The maximum Gasteiger partial charge on any atom is 0.160 e. The van der Waals surface area contributed by atoms with Gasteiger partial charge in [0.2, 0.25) is 0 Å². The molecule has 4 nitrogen and oxygen atoms in total. The van der Waals surface area contributed by atoms with E-state index in [1.807, 2.05) is 32.9 Å². The lowest BCUT2D eigenvalue weighted by atomic mass is 10.1. The third-order valence-electron chi connectivity index (χ3n) is 3.75. The molecule has 0 radical (unpaired) electrons. The van der Waals surface area contributed by atoms with E-state index in [1.54, 1.807) is 6.20 Å². The van der Waals surface area contributed by atoms with Crippen molar-refractivity contribution in [1.29, 1.82) is 0 Å². The Bertz CT molecular complexity index is 788. The summed E-state index contributed by atoms with van der Waals surface area (Å²) in [5.74, 6) is 2.66. The first kappa shape index (κ1) is 14.1. The fraction of sp³-hybridized carbons (Fsp3) is 0.375. The van der Waals surface area contributed by atoms with Crippen LogP contribution in [0.5, 0.6) is 0 Å². The molecule has 0 spiro atoms. The van der Waals surface area contributed by atoms with E-state index >= 15 is 0 Å². The maximum atomic E-state index is 6.32. The van der Waals surface area contributed by atoms with Crippen molar-refractivity contribution in [1.82, 2.24) is 14.5 Å². The smallest absolute Gasteiger partial charge is 0.160 e. The van der Waals surface area contributed by atoms with Gasteiger partial charge in [-0.15, -0.1) is 11.6 Å². The van der Waals surface area contributed by atoms with Crippen LogP contribution in [0.1, 0.15) is 48.2 Å². The molecule has 2 unspecified atom stereocenters. The molecular weight excluding hydrogens is 286 g/mol. The van der Waals surface area contributed by atoms with E-state index in [1.165, 1.54) is 0 Å². The van der Waals surface area contributed by atoms with Crippen molar-refractivity contribution in [3.8, 4) is 0 Å². The molecule has 3 rings (SSSR count). The zero-order valence-corrected chi connectivity index (χ0v) is 13.3. The Morgan fingerprint density at radius 3 is 2.67 bits per heavy atom. The fourth-order valence-corrected chi connectivity index (χ4v) is 2.97. The molecule has 2 atom stereocenters. The Kier molecular flexibility index (Phi) is 3.49. The summed E-state index contributed by atoms with van der Waals surface area (Å²) in [6, 6.07) is 5.98. The molecule has 0 bridgehead atoms. The average molecular weight is 304 g/mol. The third-order valence-corrected chi connectivity index (χ3v) is 3.94. The van der Waals surface area contributed by atoms with E-state index in [9.17, 15) is 0 Å². The summed E-state index contributed by atoms with van der Waals surface area (Å²) in [5.41, 5.74) is 2.85. The molecule has 0 aliphatic heterocycles. The predicted molar refractivity (Wildman–Crippen MR) is 83.8 cm³/mol. The summed E-state index contributed by atoms with van der Waals surface area (Å²) in [5, 5.41) is -0.185. The summed E-state index contributed by atoms with van der Waals surface area (Å²) in [6.45, 7) is 7.99. The number of hydrogen-bond acceptors (Lipinski definition) is 3. The third kappa shape index (κ3) is 2.33. The summed E-state index contributed by atoms with van der Waals surface area (Å²) >= 11 is 6.32. The minimum atomic E-state index is -0.185. The monoisotopic (exact) mass is 303 g/mol. The maximum absolute atomic E-state index is 6.32. The van der Waals surface area contributed by atoms with E-state index in [-0.39, 0.29) is 11.4 Å². The first-order valence-corrected chi connectivity index (χ1v) is 7.46. The van der Waals surface area contributed by atoms with Gasteiger partial charge in [0, 0.05) is 11.8 Å². The van der Waals surface area contributed by atoms with Crippen molar-refractivity contribution in [2.24, 2.45) is 0 Å². The van der Waals surface area contributed by atoms with Crippen LogP contribution in [0.3, 0.4) is 0 Å². The van der Waals surface area contributed by atoms with Gasteiger partial charge in [0.05, 0.1) is 11.4 Å². The molecule has 0 aliphatic carbocycles. The highest BCUT2D eigenvalue weighted by atomic mass is 35.5. The van der Waals surface area contributed by atoms with Gasteiger partial charge in [0.25, 0.3) is 0 Å². The molecule has 0 fully saturated rings. The number of aryl methyl sites for hydroxylation is 2. The Labute approximate surface area is 128 Å². The van der Waals surface area contributed by atoms with E-state index in [0.29, 0.717) is 0 Å². The van der Waals surface area contributed by atoms with Crippen LogP contribution < -0.4 is 0 Å². The van der Waals surface area contributed by atoms with E-state index in [0.717, 1.165) is 34.1 Å². The van der Waals surface area contributed by atoms with Crippen LogP contribution in [0.4, 0.5) is 0 Å². The van der Waals surface area contributed by atoms with E-state index in [2.05, 4.69) is 27.5 Å². The Morgan fingerprint density at radius 1 is 1.29 bits per heavy atom. The second kappa shape index (κ2) is 5.19. The molecular formula is C16H18ClN3O. The molecule has 5 heteroatoms. The number of fused-ring (bicyclic) bond motifs is 1. The summed E-state index contributed by atoms with van der Waals surface area (Å²) in [4.78, 5) is 9.11. The summed E-state index contributed by atoms with van der Waals surface area (Å²) in [6.07, 6.45) is 1.78. The van der Waals surface area contributed by atoms with E-state index < -0.39 is 0 Å². The molecule has 21 heavy (non-hydrogen) atoms. The number of furan rings is 1. The van der Waals surface area contributed by atoms with Crippen LogP contribution in [-0.2, 0) is 0 Å². The Morgan fingerprint density at radius 2 is 2.05 bits per heavy atom. The topological polar surface area (TPSA) is 43.9 Å². The zero-order valence-electron chi connectivity index (χ0n) is 12.6. The van der Waals surface area contributed by atoms with Crippen LogP contribution in [0.15, 0.2) is 28.8 Å².